The van der Waals surface area contributed by atoms with Crippen molar-refractivity contribution in [3.63, 3.8) is 0 Å². The van der Waals surface area contributed by atoms with Crippen LogP contribution in [0.4, 0.5) is 5.82 Å². The largest absolute Gasteiger partial charge is 0.353 e. The first-order valence-corrected chi connectivity index (χ1v) is 11.3. The van der Waals surface area contributed by atoms with Crippen LogP contribution in [-0.4, -0.2) is 73.0 Å². The minimum Gasteiger partial charge on any atom is -0.353 e. The Bertz CT molecular complexity index is 819. The lowest BCUT2D eigenvalue weighted by atomic mass is 10.0. The molecule has 0 bridgehead atoms. The molecule has 1 N–H and O–H groups in total. The number of benzene rings is 1. The fraction of sp³-hybridized carbons (Fsp3) is 0.500. The highest BCUT2D eigenvalue weighted by Gasteiger charge is 2.25. The Labute approximate surface area is 179 Å². The number of hydrogen-bond donors (Lipinski definition) is 1. The van der Waals surface area contributed by atoms with Crippen LogP contribution in [0.25, 0.3) is 0 Å². The molecule has 2 aliphatic rings. The van der Waals surface area contributed by atoms with Crippen molar-refractivity contribution < 1.29 is 4.79 Å². The predicted molar refractivity (Wildman–Crippen MR) is 121 cm³/mol. The van der Waals surface area contributed by atoms with E-state index in [-0.39, 0.29) is 11.9 Å². The molecule has 2 saturated heterocycles. The number of aromatic nitrogens is 1. The van der Waals surface area contributed by atoms with Gasteiger partial charge in [-0.3, -0.25) is 9.69 Å². The van der Waals surface area contributed by atoms with Gasteiger partial charge in [-0.25, -0.2) is 4.98 Å². The molecule has 2 aromatic rings. The van der Waals surface area contributed by atoms with Crippen molar-refractivity contribution in [3.05, 3.63) is 59.8 Å². The minimum absolute atomic E-state index is 0.128. The van der Waals surface area contributed by atoms with Crippen LogP contribution < -0.4 is 10.2 Å². The molecule has 2 aliphatic heterocycles. The number of carbonyl (C=O) groups is 1. The van der Waals surface area contributed by atoms with E-state index in [4.69, 9.17) is 0 Å². The summed E-state index contributed by atoms with van der Waals surface area (Å²) in [7, 11) is 0. The maximum Gasteiger partial charge on any atom is 0.254 e. The molecule has 1 unspecified atom stereocenters. The second kappa shape index (κ2) is 10.0. The van der Waals surface area contributed by atoms with Crippen molar-refractivity contribution in [1.82, 2.24) is 20.1 Å². The first-order chi connectivity index (χ1) is 14.7. The van der Waals surface area contributed by atoms with Gasteiger partial charge in [-0.15, -0.1) is 0 Å². The quantitative estimate of drug-likeness (QED) is 0.798. The van der Waals surface area contributed by atoms with E-state index in [1.807, 2.05) is 23.1 Å². The van der Waals surface area contributed by atoms with Gasteiger partial charge in [0.1, 0.15) is 5.82 Å². The standard InChI is InChI=1S/C24H33N5O/c1-2-3-12-27-14-16-28(17-15-27)24(30)21-9-10-26-23(18-21)29-13-11-25-22(19-29)20-7-5-4-6-8-20/h4-10,18,22,25H,2-3,11-17,19H2,1H3. The zero-order chi connectivity index (χ0) is 20.8. The third-order valence-electron chi connectivity index (χ3n) is 6.18. The number of nitrogens with zero attached hydrogens (tertiary/aromatic N) is 4. The summed E-state index contributed by atoms with van der Waals surface area (Å²) in [6, 6.07) is 14.6. The molecule has 160 valence electrons. The molecule has 1 aromatic heterocycles. The van der Waals surface area contributed by atoms with Gasteiger partial charge in [0.05, 0.1) is 0 Å². The Balaban J connectivity index is 1.39. The molecule has 4 rings (SSSR count). The van der Waals surface area contributed by atoms with Crippen LogP contribution in [0.2, 0.25) is 0 Å². The fourth-order valence-electron chi connectivity index (χ4n) is 4.33. The molecule has 1 amide bonds. The fourth-order valence-corrected chi connectivity index (χ4v) is 4.33. The number of anilines is 1. The lowest BCUT2D eigenvalue weighted by Gasteiger charge is -2.36. The van der Waals surface area contributed by atoms with Gasteiger partial charge < -0.3 is 15.1 Å². The molecule has 3 heterocycles. The zero-order valence-corrected chi connectivity index (χ0v) is 18.0. The maximum absolute atomic E-state index is 13.1. The van der Waals surface area contributed by atoms with Gasteiger partial charge in [0.15, 0.2) is 0 Å². The highest BCUT2D eigenvalue weighted by atomic mass is 16.2. The summed E-state index contributed by atoms with van der Waals surface area (Å²) >= 11 is 0. The Kier molecular flexibility index (Phi) is 6.97. The van der Waals surface area contributed by atoms with Gasteiger partial charge in [-0.2, -0.15) is 0 Å². The van der Waals surface area contributed by atoms with Gasteiger partial charge in [-0.1, -0.05) is 43.7 Å². The van der Waals surface area contributed by atoms with Crippen molar-refractivity contribution in [3.8, 4) is 0 Å². The smallest absolute Gasteiger partial charge is 0.254 e. The molecular weight excluding hydrogens is 374 g/mol. The van der Waals surface area contributed by atoms with Gasteiger partial charge in [0, 0.05) is 63.6 Å². The summed E-state index contributed by atoms with van der Waals surface area (Å²) in [5.74, 6) is 1.02. The van der Waals surface area contributed by atoms with Gasteiger partial charge >= 0.3 is 0 Å². The number of amides is 1. The Morgan fingerprint density at radius 2 is 1.90 bits per heavy atom. The van der Waals surface area contributed by atoms with Crippen molar-refractivity contribution in [1.29, 1.82) is 0 Å². The van der Waals surface area contributed by atoms with E-state index < -0.39 is 0 Å². The van der Waals surface area contributed by atoms with Gasteiger partial charge in [-0.05, 0) is 30.7 Å². The Morgan fingerprint density at radius 1 is 1.10 bits per heavy atom. The molecule has 0 saturated carbocycles. The molecule has 0 radical (unpaired) electrons. The minimum atomic E-state index is 0.128. The van der Waals surface area contributed by atoms with Crippen LogP contribution in [0.3, 0.4) is 0 Å². The molecule has 2 fully saturated rings. The number of pyridine rings is 1. The molecule has 1 atom stereocenters. The molecule has 6 heteroatoms. The van der Waals surface area contributed by atoms with Crippen LogP contribution in [0.5, 0.6) is 0 Å². The summed E-state index contributed by atoms with van der Waals surface area (Å²) in [6.07, 6.45) is 4.23. The first kappa shape index (κ1) is 20.8. The van der Waals surface area contributed by atoms with E-state index >= 15 is 0 Å². The molecule has 0 spiro atoms. The lowest BCUT2D eigenvalue weighted by molar-refractivity contribution is 0.0635. The maximum atomic E-state index is 13.1. The van der Waals surface area contributed by atoms with E-state index in [0.29, 0.717) is 0 Å². The summed E-state index contributed by atoms with van der Waals surface area (Å²) in [6.45, 7) is 9.58. The van der Waals surface area contributed by atoms with Crippen LogP contribution in [0.15, 0.2) is 48.7 Å². The molecule has 1 aromatic carbocycles. The van der Waals surface area contributed by atoms with E-state index in [0.717, 1.165) is 63.7 Å². The van der Waals surface area contributed by atoms with Crippen LogP contribution in [-0.2, 0) is 0 Å². The van der Waals surface area contributed by atoms with Crippen LogP contribution in [0.1, 0.15) is 41.7 Å². The number of unbranched alkanes of at least 4 members (excludes halogenated alkanes) is 1. The number of piperazine rings is 2. The molecule has 6 nitrogen and oxygen atoms in total. The summed E-state index contributed by atoms with van der Waals surface area (Å²) < 4.78 is 0. The second-order valence-corrected chi connectivity index (χ2v) is 8.25. The third kappa shape index (κ3) is 4.99. The first-order valence-electron chi connectivity index (χ1n) is 11.3. The van der Waals surface area contributed by atoms with Crippen LogP contribution >= 0.6 is 0 Å². The lowest BCUT2D eigenvalue weighted by Crippen LogP contribution is -2.49. The number of rotatable bonds is 6. The summed E-state index contributed by atoms with van der Waals surface area (Å²) in [4.78, 5) is 24.4. The normalized spacial score (nSPS) is 20.4. The second-order valence-electron chi connectivity index (χ2n) is 8.25. The molecule has 0 aliphatic carbocycles. The Morgan fingerprint density at radius 3 is 2.67 bits per heavy atom. The van der Waals surface area contributed by atoms with Crippen LogP contribution in [0, 0.1) is 0 Å². The number of carbonyl (C=O) groups excluding carboxylic acids is 1. The zero-order valence-electron chi connectivity index (χ0n) is 18.0. The number of nitrogens with one attached hydrogen (secondary N) is 1. The van der Waals surface area contributed by atoms with Crippen molar-refractivity contribution in [2.24, 2.45) is 0 Å². The monoisotopic (exact) mass is 407 g/mol. The topological polar surface area (TPSA) is 51.7 Å². The molecule has 30 heavy (non-hydrogen) atoms. The molecular formula is C24H33N5O. The third-order valence-corrected chi connectivity index (χ3v) is 6.18. The van der Waals surface area contributed by atoms with E-state index in [2.05, 4.69) is 51.3 Å². The summed E-state index contributed by atoms with van der Waals surface area (Å²) in [5, 5.41) is 3.59. The van der Waals surface area contributed by atoms with Gasteiger partial charge in [0.25, 0.3) is 5.91 Å². The average molecular weight is 408 g/mol. The van der Waals surface area contributed by atoms with Crippen molar-refractivity contribution >= 4 is 11.7 Å². The predicted octanol–water partition coefficient (Wildman–Crippen LogP) is 2.79. The average Bonchev–Trinajstić information content (AvgIpc) is 2.83. The van der Waals surface area contributed by atoms with E-state index in [1.54, 1.807) is 6.20 Å². The van der Waals surface area contributed by atoms with Gasteiger partial charge in [0.2, 0.25) is 0 Å². The van der Waals surface area contributed by atoms with E-state index in [1.165, 1.54) is 18.4 Å². The van der Waals surface area contributed by atoms with Crippen molar-refractivity contribution in [2.75, 3.05) is 57.3 Å². The summed E-state index contributed by atoms with van der Waals surface area (Å²) in [5.41, 5.74) is 2.03. The SMILES string of the molecule is CCCCN1CCN(C(=O)c2ccnc(N3CCNC(c4ccccc4)C3)c2)CC1. The number of hydrogen-bond acceptors (Lipinski definition) is 5. The Hall–Kier alpha value is -2.44. The van der Waals surface area contributed by atoms with E-state index in [9.17, 15) is 4.79 Å². The highest BCUT2D eigenvalue weighted by molar-refractivity contribution is 5.95. The highest BCUT2D eigenvalue weighted by Crippen LogP contribution is 2.22. The van der Waals surface area contributed by atoms with Crippen molar-refractivity contribution in [2.45, 2.75) is 25.8 Å².